The Labute approximate surface area is 196 Å². The van der Waals surface area contributed by atoms with Crippen molar-refractivity contribution in [2.45, 2.75) is 13.3 Å². The molecular formula is C24H27N5O3S. The van der Waals surface area contributed by atoms with Gasteiger partial charge in [0.15, 0.2) is 5.13 Å². The summed E-state index contributed by atoms with van der Waals surface area (Å²) in [6.07, 6.45) is 2.73. The van der Waals surface area contributed by atoms with E-state index in [1.807, 2.05) is 53.9 Å². The Balaban J connectivity index is 1.47. The smallest absolute Gasteiger partial charge is 0.278 e. The summed E-state index contributed by atoms with van der Waals surface area (Å²) in [6, 6.07) is 11.6. The molecule has 1 amide bonds. The molecule has 0 saturated carbocycles. The predicted octanol–water partition coefficient (Wildman–Crippen LogP) is 3.63. The second-order valence-electron chi connectivity index (χ2n) is 8.07. The molecule has 8 nitrogen and oxygen atoms in total. The molecule has 0 atom stereocenters. The van der Waals surface area contributed by atoms with E-state index in [-0.39, 0.29) is 5.91 Å². The molecule has 0 bridgehead atoms. The number of methoxy groups -OCH3 is 1. The fourth-order valence-corrected chi connectivity index (χ4v) is 5.17. The van der Waals surface area contributed by atoms with Crippen LogP contribution in [-0.2, 0) is 4.74 Å². The van der Waals surface area contributed by atoms with Crippen molar-refractivity contribution in [2.24, 2.45) is 0 Å². The van der Waals surface area contributed by atoms with Gasteiger partial charge in [0.25, 0.3) is 5.91 Å². The summed E-state index contributed by atoms with van der Waals surface area (Å²) in [4.78, 5) is 27.5. The quantitative estimate of drug-likeness (QED) is 0.415. The van der Waals surface area contributed by atoms with E-state index in [1.165, 1.54) is 11.3 Å². The number of aryl methyl sites for hydroxylation is 1. The summed E-state index contributed by atoms with van der Waals surface area (Å²) in [7, 11) is 1.64. The first-order valence-corrected chi connectivity index (χ1v) is 12.0. The number of carbonyl (C=O) groups excluding carboxylic acids is 1. The van der Waals surface area contributed by atoms with Crippen molar-refractivity contribution in [3.05, 3.63) is 54.0 Å². The molecule has 1 saturated heterocycles. The van der Waals surface area contributed by atoms with Gasteiger partial charge >= 0.3 is 0 Å². The lowest BCUT2D eigenvalue weighted by atomic mass is 10.2. The molecule has 5 rings (SSSR count). The van der Waals surface area contributed by atoms with Gasteiger partial charge in [-0.1, -0.05) is 17.4 Å². The largest absolute Gasteiger partial charge is 0.497 e. The Morgan fingerprint density at radius 1 is 1.21 bits per heavy atom. The monoisotopic (exact) mass is 465 g/mol. The number of imidazole rings is 1. The van der Waals surface area contributed by atoms with Crippen LogP contribution in [0.15, 0.2) is 42.6 Å². The molecule has 0 unspecified atom stereocenters. The van der Waals surface area contributed by atoms with Crippen LogP contribution < -0.4 is 9.64 Å². The second-order valence-corrected chi connectivity index (χ2v) is 9.08. The maximum absolute atomic E-state index is 13.9. The Morgan fingerprint density at radius 3 is 2.88 bits per heavy atom. The number of nitrogens with zero attached hydrogens (tertiary/aromatic N) is 5. The number of rotatable bonds is 7. The number of fused-ring (bicyclic) bond motifs is 2. The first kappa shape index (κ1) is 21.8. The molecule has 4 aromatic rings. The Morgan fingerprint density at radius 2 is 2.06 bits per heavy atom. The van der Waals surface area contributed by atoms with Crippen LogP contribution in [-0.4, -0.2) is 71.7 Å². The number of morpholine rings is 1. The highest BCUT2D eigenvalue weighted by Crippen LogP contribution is 2.32. The molecule has 1 aliphatic rings. The van der Waals surface area contributed by atoms with Crippen molar-refractivity contribution in [3.63, 3.8) is 0 Å². The van der Waals surface area contributed by atoms with Gasteiger partial charge in [-0.2, -0.15) is 0 Å². The molecule has 9 heteroatoms. The van der Waals surface area contributed by atoms with Gasteiger partial charge in [-0.25, -0.2) is 9.97 Å². The zero-order valence-electron chi connectivity index (χ0n) is 18.9. The number of hydrogen-bond acceptors (Lipinski definition) is 7. The minimum absolute atomic E-state index is 0.0841. The molecule has 33 heavy (non-hydrogen) atoms. The maximum atomic E-state index is 13.9. The normalized spacial score (nSPS) is 14.7. The third-order valence-corrected chi connectivity index (χ3v) is 6.99. The SMILES string of the molecule is COc1ccc2sc(N(CCCN3CCOCC3)C(=O)c3c(C)nc4ccccn34)nc2c1. The summed E-state index contributed by atoms with van der Waals surface area (Å²) >= 11 is 1.52. The lowest BCUT2D eigenvalue weighted by Crippen LogP contribution is -2.39. The van der Waals surface area contributed by atoms with Crippen LogP contribution in [0.3, 0.4) is 0 Å². The van der Waals surface area contributed by atoms with E-state index in [9.17, 15) is 4.79 Å². The summed E-state index contributed by atoms with van der Waals surface area (Å²) < 4.78 is 13.7. The van der Waals surface area contributed by atoms with Crippen molar-refractivity contribution >= 4 is 38.2 Å². The number of carbonyl (C=O) groups is 1. The van der Waals surface area contributed by atoms with Crippen LogP contribution in [0.4, 0.5) is 5.13 Å². The van der Waals surface area contributed by atoms with Gasteiger partial charge in [0.2, 0.25) is 0 Å². The molecular weight excluding hydrogens is 438 g/mol. The molecule has 1 aliphatic heterocycles. The van der Waals surface area contributed by atoms with Crippen LogP contribution in [0.5, 0.6) is 5.75 Å². The average Bonchev–Trinajstić information content (AvgIpc) is 3.41. The molecule has 0 aliphatic carbocycles. The number of pyridine rings is 1. The first-order chi connectivity index (χ1) is 16.1. The van der Waals surface area contributed by atoms with E-state index < -0.39 is 0 Å². The average molecular weight is 466 g/mol. The van der Waals surface area contributed by atoms with Crippen LogP contribution >= 0.6 is 11.3 Å². The van der Waals surface area contributed by atoms with E-state index in [0.717, 1.165) is 60.9 Å². The molecule has 172 valence electrons. The Kier molecular flexibility index (Phi) is 6.26. The number of hydrogen-bond donors (Lipinski definition) is 0. The zero-order valence-corrected chi connectivity index (χ0v) is 19.7. The van der Waals surface area contributed by atoms with E-state index in [4.69, 9.17) is 14.5 Å². The Hall–Kier alpha value is -3.01. The highest BCUT2D eigenvalue weighted by atomic mass is 32.1. The standard InChI is InChI=1S/C24H27N5O3S/c1-17-22(28-10-4-3-6-21(28)25-17)23(30)29(11-5-9-27-12-14-32-15-13-27)24-26-19-16-18(31-2)7-8-20(19)33-24/h3-4,6-8,10,16H,5,9,11-15H2,1-2H3. The summed E-state index contributed by atoms with van der Waals surface area (Å²) in [5.41, 5.74) is 2.89. The lowest BCUT2D eigenvalue weighted by Gasteiger charge is -2.27. The first-order valence-electron chi connectivity index (χ1n) is 11.1. The van der Waals surface area contributed by atoms with Crippen molar-refractivity contribution in [1.29, 1.82) is 0 Å². The topological polar surface area (TPSA) is 72.2 Å². The zero-order chi connectivity index (χ0) is 22.8. The van der Waals surface area contributed by atoms with Gasteiger partial charge in [0.1, 0.15) is 17.1 Å². The van der Waals surface area contributed by atoms with E-state index in [0.29, 0.717) is 23.1 Å². The van der Waals surface area contributed by atoms with Crippen molar-refractivity contribution in [2.75, 3.05) is 51.4 Å². The van der Waals surface area contributed by atoms with Gasteiger partial charge < -0.3 is 9.47 Å². The van der Waals surface area contributed by atoms with Crippen LogP contribution in [0.1, 0.15) is 22.6 Å². The number of anilines is 1. The molecule has 4 heterocycles. The maximum Gasteiger partial charge on any atom is 0.278 e. The highest BCUT2D eigenvalue weighted by Gasteiger charge is 2.26. The predicted molar refractivity (Wildman–Crippen MR) is 130 cm³/mol. The summed E-state index contributed by atoms with van der Waals surface area (Å²) in [6.45, 7) is 6.77. The van der Waals surface area contributed by atoms with Gasteiger partial charge in [-0.15, -0.1) is 0 Å². The van der Waals surface area contributed by atoms with Crippen molar-refractivity contribution < 1.29 is 14.3 Å². The van der Waals surface area contributed by atoms with Gasteiger partial charge in [0, 0.05) is 38.4 Å². The third kappa shape index (κ3) is 4.44. The highest BCUT2D eigenvalue weighted by molar-refractivity contribution is 7.22. The number of ether oxygens (including phenoxy) is 2. The van der Waals surface area contributed by atoms with Gasteiger partial charge in [-0.3, -0.25) is 19.0 Å². The van der Waals surface area contributed by atoms with Crippen molar-refractivity contribution in [3.8, 4) is 5.75 Å². The Bertz CT molecular complexity index is 1280. The number of thiazole rings is 1. The van der Waals surface area contributed by atoms with Crippen LogP contribution in [0, 0.1) is 6.92 Å². The molecule has 0 spiro atoms. The van der Waals surface area contributed by atoms with E-state index in [2.05, 4.69) is 9.88 Å². The lowest BCUT2D eigenvalue weighted by molar-refractivity contribution is 0.0376. The van der Waals surface area contributed by atoms with Crippen molar-refractivity contribution in [1.82, 2.24) is 19.3 Å². The van der Waals surface area contributed by atoms with Gasteiger partial charge in [0.05, 0.1) is 36.2 Å². The number of benzene rings is 1. The molecule has 1 fully saturated rings. The van der Waals surface area contributed by atoms with Crippen LogP contribution in [0.25, 0.3) is 15.9 Å². The molecule has 3 aromatic heterocycles. The molecule has 0 N–H and O–H groups in total. The minimum atomic E-state index is -0.0841. The van der Waals surface area contributed by atoms with Gasteiger partial charge in [-0.05, 0) is 37.6 Å². The summed E-state index contributed by atoms with van der Waals surface area (Å²) in [5, 5.41) is 0.690. The summed E-state index contributed by atoms with van der Waals surface area (Å²) in [5.74, 6) is 0.668. The third-order valence-electron chi connectivity index (χ3n) is 5.93. The minimum Gasteiger partial charge on any atom is -0.497 e. The molecule has 0 radical (unpaired) electrons. The fourth-order valence-electron chi connectivity index (χ4n) is 4.20. The fraction of sp³-hybridized carbons (Fsp3) is 0.375. The van der Waals surface area contributed by atoms with Crippen LogP contribution in [0.2, 0.25) is 0 Å². The van der Waals surface area contributed by atoms with E-state index in [1.54, 1.807) is 12.0 Å². The number of amides is 1. The number of aromatic nitrogens is 3. The second kappa shape index (κ2) is 9.46. The molecule has 1 aromatic carbocycles. The van der Waals surface area contributed by atoms with E-state index >= 15 is 0 Å².